The Morgan fingerprint density at radius 2 is 1.83 bits per heavy atom. The van der Waals surface area contributed by atoms with Crippen molar-refractivity contribution in [2.45, 2.75) is 19.9 Å². The zero-order valence-electron chi connectivity index (χ0n) is 17.1. The number of carbonyl (C=O) groups is 1. The van der Waals surface area contributed by atoms with Gasteiger partial charge >= 0.3 is 0 Å². The average Bonchev–Trinajstić information content (AvgIpc) is 3.29. The van der Waals surface area contributed by atoms with Gasteiger partial charge in [0.25, 0.3) is 5.91 Å². The van der Waals surface area contributed by atoms with Crippen molar-refractivity contribution in [1.82, 2.24) is 16.0 Å². The SMILES string of the molecule is CCOCCCNC(=NCc1ccc(OC)cc1)NCCNC(=O)c1ccco1. The molecule has 158 valence electrons. The molecule has 0 atom stereocenters. The van der Waals surface area contributed by atoms with Gasteiger partial charge in [-0.15, -0.1) is 0 Å². The second-order valence-corrected chi connectivity index (χ2v) is 6.15. The van der Waals surface area contributed by atoms with Crippen LogP contribution in [-0.4, -0.2) is 51.8 Å². The lowest BCUT2D eigenvalue weighted by Gasteiger charge is -2.13. The van der Waals surface area contributed by atoms with E-state index in [2.05, 4.69) is 20.9 Å². The number of furan rings is 1. The van der Waals surface area contributed by atoms with Crippen molar-refractivity contribution in [3.63, 3.8) is 0 Å². The molecule has 0 saturated heterocycles. The lowest BCUT2D eigenvalue weighted by molar-refractivity contribution is 0.0926. The largest absolute Gasteiger partial charge is 0.497 e. The minimum Gasteiger partial charge on any atom is -0.497 e. The number of nitrogens with zero attached hydrogens (tertiary/aromatic N) is 1. The molecule has 1 heterocycles. The number of aliphatic imine (C=N–C) groups is 1. The summed E-state index contributed by atoms with van der Waals surface area (Å²) in [6.45, 7) is 5.65. The minimum atomic E-state index is -0.238. The van der Waals surface area contributed by atoms with E-state index in [0.717, 1.165) is 24.3 Å². The topological polar surface area (TPSA) is 97.1 Å². The van der Waals surface area contributed by atoms with E-state index in [1.165, 1.54) is 6.26 Å². The molecule has 1 aromatic carbocycles. The first-order chi connectivity index (χ1) is 14.2. The molecule has 0 spiro atoms. The van der Waals surface area contributed by atoms with E-state index in [-0.39, 0.29) is 5.91 Å². The molecule has 3 N–H and O–H groups in total. The van der Waals surface area contributed by atoms with Crippen LogP contribution in [-0.2, 0) is 11.3 Å². The van der Waals surface area contributed by atoms with E-state index >= 15 is 0 Å². The Morgan fingerprint density at radius 3 is 2.52 bits per heavy atom. The van der Waals surface area contributed by atoms with Crippen LogP contribution in [0.15, 0.2) is 52.1 Å². The molecule has 8 nitrogen and oxygen atoms in total. The van der Waals surface area contributed by atoms with Crippen LogP contribution in [0.3, 0.4) is 0 Å². The summed E-state index contributed by atoms with van der Waals surface area (Å²) in [4.78, 5) is 16.5. The maximum atomic E-state index is 11.9. The van der Waals surface area contributed by atoms with Crippen molar-refractivity contribution in [3.05, 3.63) is 54.0 Å². The number of rotatable bonds is 12. The van der Waals surface area contributed by atoms with Gasteiger partial charge in [0.15, 0.2) is 11.7 Å². The van der Waals surface area contributed by atoms with Crippen LogP contribution in [0.5, 0.6) is 5.75 Å². The monoisotopic (exact) mass is 402 g/mol. The summed E-state index contributed by atoms with van der Waals surface area (Å²) in [6.07, 6.45) is 2.36. The summed E-state index contributed by atoms with van der Waals surface area (Å²) >= 11 is 0. The highest BCUT2D eigenvalue weighted by Gasteiger charge is 2.07. The molecule has 1 aromatic heterocycles. The standard InChI is InChI=1S/C21H30N4O4/c1-3-28-14-5-11-23-21(25-16-17-7-9-18(27-2)10-8-17)24-13-12-22-20(26)19-6-4-15-29-19/h4,6-10,15H,3,5,11-14,16H2,1-2H3,(H,22,26)(H2,23,24,25). The molecule has 0 radical (unpaired) electrons. The second kappa shape index (κ2) is 13.2. The molecule has 2 rings (SSSR count). The van der Waals surface area contributed by atoms with Crippen LogP contribution in [0.1, 0.15) is 29.5 Å². The molecule has 1 amide bonds. The van der Waals surface area contributed by atoms with E-state index in [4.69, 9.17) is 13.9 Å². The molecular weight excluding hydrogens is 372 g/mol. The molecule has 0 aliphatic rings. The van der Waals surface area contributed by atoms with Gasteiger partial charge in [-0.05, 0) is 43.2 Å². The Hall–Kier alpha value is -3.00. The normalized spacial score (nSPS) is 11.2. The van der Waals surface area contributed by atoms with Gasteiger partial charge in [0.1, 0.15) is 5.75 Å². The van der Waals surface area contributed by atoms with Gasteiger partial charge in [-0.25, -0.2) is 4.99 Å². The van der Waals surface area contributed by atoms with Crippen molar-refractivity contribution in [1.29, 1.82) is 0 Å². The third kappa shape index (κ3) is 8.69. The third-order valence-corrected chi connectivity index (χ3v) is 3.99. The van der Waals surface area contributed by atoms with Crippen molar-refractivity contribution in [2.24, 2.45) is 4.99 Å². The highest BCUT2D eigenvalue weighted by Crippen LogP contribution is 2.11. The van der Waals surface area contributed by atoms with Crippen LogP contribution in [0, 0.1) is 0 Å². The Morgan fingerprint density at radius 1 is 1.07 bits per heavy atom. The lowest BCUT2D eigenvalue weighted by atomic mass is 10.2. The van der Waals surface area contributed by atoms with Crippen molar-refractivity contribution in [3.8, 4) is 5.75 Å². The van der Waals surface area contributed by atoms with Gasteiger partial charge in [0, 0.05) is 32.8 Å². The van der Waals surface area contributed by atoms with Gasteiger partial charge < -0.3 is 29.8 Å². The number of benzene rings is 1. The zero-order chi connectivity index (χ0) is 20.7. The van der Waals surface area contributed by atoms with E-state index in [1.807, 2.05) is 31.2 Å². The quantitative estimate of drug-likeness (QED) is 0.286. The minimum absolute atomic E-state index is 0.238. The molecule has 0 aliphatic heterocycles. The summed E-state index contributed by atoms with van der Waals surface area (Å²) in [5.74, 6) is 1.56. The Kier molecular flexibility index (Phi) is 10.2. The summed E-state index contributed by atoms with van der Waals surface area (Å²) < 4.78 is 15.6. The number of amides is 1. The molecule has 0 unspecified atom stereocenters. The zero-order valence-corrected chi connectivity index (χ0v) is 17.1. The first-order valence-electron chi connectivity index (χ1n) is 9.77. The molecule has 29 heavy (non-hydrogen) atoms. The van der Waals surface area contributed by atoms with Gasteiger partial charge in [0.05, 0.1) is 19.9 Å². The number of methoxy groups -OCH3 is 1. The third-order valence-electron chi connectivity index (χ3n) is 3.99. The number of hydrogen-bond acceptors (Lipinski definition) is 5. The fraction of sp³-hybridized carbons (Fsp3) is 0.429. The molecule has 8 heteroatoms. The molecular formula is C21H30N4O4. The van der Waals surface area contributed by atoms with E-state index in [9.17, 15) is 4.79 Å². The maximum absolute atomic E-state index is 11.9. The molecule has 0 aliphatic carbocycles. The predicted octanol–water partition coefficient (Wildman–Crippen LogP) is 2.18. The fourth-order valence-electron chi connectivity index (χ4n) is 2.45. The van der Waals surface area contributed by atoms with Crippen molar-refractivity contribution < 1.29 is 18.7 Å². The summed E-state index contributed by atoms with van der Waals surface area (Å²) in [5, 5.41) is 9.32. The Bertz CT molecular complexity index is 730. The Labute approximate surface area is 171 Å². The van der Waals surface area contributed by atoms with Crippen LogP contribution in [0.4, 0.5) is 0 Å². The van der Waals surface area contributed by atoms with Gasteiger partial charge in [-0.3, -0.25) is 4.79 Å². The van der Waals surface area contributed by atoms with Crippen LogP contribution in [0.2, 0.25) is 0 Å². The second-order valence-electron chi connectivity index (χ2n) is 6.15. The Balaban J connectivity index is 1.81. The highest BCUT2D eigenvalue weighted by atomic mass is 16.5. The van der Waals surface area contributed by atoms with Crippen LogP contribution in [0.25, 0.3) is 0 Å². The van der Waals surface area contributed by atoms with Crippen molar-refractivity contribution >= 4 is 11.9 Å². The molecule has 0 saturated carbocycles. The van der Waals surface area contributed by atoms with Gasteiger partial charge in [-0.2, -0.15) is 0 Å². The maximum Gasteiger partial charge on any atom is 0.287 e. The van der Waals surface area contributed by atoms with E-state index in [1.54, 1.807) is 19.2 Å². The first-order valence-corrected chi connectivity index (χ1v) is 9.77. The van der Waals surface area contributed by atoms with Crippen molar-refractivity contribution in [2.75, 3.05) is 40.0 Å². The number of ether oxygens (including phenoxy) is 2. The fourth-order valence-corrected chi connectivity index (χ4v) is 2.45. The van der Waals surface area contributed by atoms with Crippen LogP contribution < -0.4 is 20.7 Å². The average molecular weight is 402 g/mol. The number of hydrogen-bond donors (Lipinski definition) is 3. The predicted molar refractivity (Wildman–Crippen MR) is 112 cm³/mol. The first kappa shape index (κ1) is 22.3. The molecule has 0 bridgehead atoms. The van der Waals surface area contributed by atoms with Gasteiger partial charge in [0.2, 0.25) is 0 Å². The molecule has 0 fully saturated rings. The number of nitrogens with one attached hydrogen (secondary N) is 3. The number of carbonyl (C=O) groups excluding carboxylic acids is 1. The smallest absolute Gasteiger partial charge is 0.287 e. The number of guanidine groups is 1. The van der Waals surface area contributed by atoms with Crippen LogP contribution >= 0.6 is 0 Å². The van der Waals surface area contributed by atoms with E-state index < -0.39 is 0 Å². The highest BCUT2D eigenvalue weighted by molar-refractivity contribution is 5.91. The summed E-state index contributed by atoms with van der Waals surface area (Å²) in [6, 6.07) is 11.1. The summed E-state index contributed by atoms with van der Waals surface area (Å²) in [5.41, 5.74) is 1.08. The van der Waals surface area contributed by atoms with Gasteiger partial charge in [-0.1, -0.05) is 12.1 Å². The van der Waals surface area contributed by atoms with E-state index in [0.29, 0.717) is 44.6 Å². The molecule has 2 aromatic rings. The lowest BCUT2D eigenvalue weighted by Crippen LogP contribution is -2.42. The summed E-state index contributed by atoms with van der Waals surface area (Å²) in [7, 11) is 1.64.